The third kappa shape index (κ3) is 3.62. The molecule has 4 aliphatic rings. The molecule has 2 unspecified atom stereocenters. The topological polar surface area (TPSA) is 18.5 Å². The minimum atomic E-state index is -0.160. The van der Waals surface area contributed by atoms with Gasteiger partial charge >= 0.3 is 0 Å². The zero-order chi connectivity index (χ0) is 19.9. The van der Waals surface area contributed by atoms with Crippen molar-refractivity contribution in [3.63, 3.8) is 0 Å². The molecule has 28 heavy (non-hydrogen) atoms. The van der Waals surface area contributed by atoms with Crippen molar-refractivity contribution in [1.82, 2.24) is 0 Å². The molecule has 2 atom stereocenters. The van der Waals surface area contributed by atoms with Gasteiger partial charge in [0.25, 0.3) is 0 Å². The van der Waals surface area contributed by atoms with Gasteiger partial charge in [0, 0.05) is 5.92 Å². The van der Waals surface area contributed by atoms with Gasteiger partial charge in [-0.1, -0.05) is 46.8 Å². The van der Waals surface area contributed by atoms with Crippen molar-refractivity contribution in [3.8, 4) is 5.75 Å². The Hall–Kier alpha value is -1.02. The van der Waals surface area contributed by atoms with E-state index in [1.165, 1.54) is 44.1 Å². The molecule has 0 amide bonds. The summed E-state index contributed by atoms with van der Waals surface area (Å²) in [5, 5.41) is 0. The number of hydrogen-bond donors (Lipinski definition) is 0. The monoisotopic (exact) mass is 384 g/mol. The maximum absolute atomic E-state index is 7.01. The van der Waals surface area contributed by atoms with Crippen LogP contribution >= 0.6 is 0 Å². The predicted octanol–water partition coefficient (Wildman–Crippen LogP) is 7.18. The molecular formula is C26H40O2. The molecule has 1 aromatic carbocycles. The average Bonchev–Trinajstić information content (AvgIpc) is 2.69. The molecule has 156 valence electrons. The summed E-state index contributed by atoms with van der Waals surface area (Å²) in [6, 6.07) is 8.71. The van der Waals surface area contributed by atoms with Crippen LogP contribution in [0, 0.1) is 29.6 Å². The van der Waals surface area contributed by atoms with Gasteiger partial charge in [-0.2, -0.15) is 0 Å². The minimum Gasteiger partial charge on any atom is -0.465 e. The Labute approximate surface area is 172 Å². The highest BCUT2D eigenvalue weighted by atomic mass is 16.7. The van der Waals surface area contributed by atoms with E-state index in [9.17, 15) is 0 Å². The van der Waals surface area contributed by atoms with Gasteiger partial charge in [-0.3, -0.25) is 0 Å². The lowest BCUT2D eigenvalue weighted by Crippen LogP contribution is -2.60. The summed E-state index contributed by atoms with van der Waals surface area (Å²) in [6.07, 6.45) is 9.16. The van der Waals surface area contributed by atoms with Crippen molar-refractivity contribution in [3.05, 3.63) is 29.8 Å². The smallest absolute Gasteiger partial charge is 0.202 e. The molecule has 0 spiro atoms. The van der Waals surface area contributed by atoms with Gasteiger partial charge in [0.05, 0.1) is 5.60 Å². The SMILES string of the molecule is CCC(C)c1ccc(OC(OC2(CC)C3CC4CC(C3)CC2C4)C(C)C)cc1. The summed E-state index contributed by atoms with van der Waals surface area (Å²) in [5.41, 5.74) is 1.43. The van der Waals surface area contributed by atoms with Crippen LogP contribution in [-0.4, -0.2) is 11.9 Å². The normalized spacial score (nSPS) is 35.9. The van der Waals surface area contributed by atoms with E-state index in [1.807, 2.05) is 0 Å². The Morgan fingerprint density at radius 2 is 1.46 bits per heavy atom. The van der Waals surface area contributed by atoms with Gasteiger partial charge in [-0.15, -0.1) is 0 Å². The van der Waals surface area contributed by atoms with Gasteiger partial charge in [0.15, 0.2) is 0 Å². The van der Waals surface area contributed by atoms with E-state index >= 15 is 0 Å². The Balaban J connectivity index is 1.50. The Kier molecular flexibility index (Phi) is 5.80. The predicted molar refractivity (Wildman–Crippen MR) is 116 cm³/mol. The molecule has 0 radical (unpaired) electrons. The van der Waals surface area contributed by atoms with Gasteiger partial charge < -0.3 is 9.47 Å². The largest absolute Gasteiger partial charge is 0.465 e. The first-order valence-electron chi connectivity index (χ1n) is 11.9. The first-order chi connectivity index (χ1) is 13.4. The molecule has 1 aromatic rings. The average molecular weight is 385 g/mol. The van der Waals surface area contributed by atoms with E-state index < -0.39 is 0 Å². The standard InChI is InChI=1S/C26H40O2/c1-6-18(5)21-8-10-24(11-9-21)27-25(17(3)4)28-26(7-2)22-13-19-12-20(15-22)16-23(26)14-19/h8-11,17-20,22-23,25H,6-7,12-16H2,1-5H3. The molecule has 4 saturated carbocycles. The van der Waals surface area contributed by atoms with E-state index in [-0.39, 0.29) is 11.9 Å². The van der Waals surface area contributed by atoms with Crippen LogP contribution in [0.2, 0.25) is 0 Å². The molecule has 4 aliphatic carbocycles. The van der Waals surface area contributed by atoms with Crippen LogP contribution in [0.4, 0.5) is 0 Å². The lowest BCUT2D eigenvalue weighted by Gasteiger charge is -2.61. The molecule has 0 saturated heterocycles. The molecule has 2 heteroatoms. The van der Waals surface area contributed by atoms with Crippen molar-refractivity contribution >= 4 is 0 Å². The van der Waals surface area contributed by atoms with E-state index in [4.69, 9.17) is 9.47 Å². The third-order valence-electron chi connectivity index (χ3n) is 8.27. The highest BCUT2D eigenvalue weighted by Gasteiger charge is 2.58. The number of rotatable bonds is 8. The second kappa shape index (κ2) is 8.01. The van der Waals surface area contributed by atoms with Gasteiger partial charge in [-0.25, -0.2) is 0 Å². The summed E-state index contributed by atoms with van der Waals surface area (Å²) in [7, 11) is 0. The second-order valence-corrected chi connectivity index (χ2v) is 10.3. The van der Waals surface area contributed by atoms with Crippen LogP contribution in [0.3, 0.4) is 0 Å². The number of benzene rings is 1. The summed E-state index contributed by atoms with van der Waals surface area (Å²) < 4.78 is 13.5. The molecule has 0 heterocycles. The fourth-order valence-electron chi connectivity index (χ4n) is 6.59. The van der Waals surface area contributed by atoms with E-state index in [2.05, 4.69) is 58.9 Å². The van der Waals surface area contributed by atoms with Crippen molar-refractivity contribution in [2.24, 2.45) is 29.6 Å². The highest BCUT2D eigenvalue weighted by molar-refractivity contribution is 5.29. The Morgan fingerprint density at radius 1 is 0.893 bits per heavy atom. The quantitative estimate of drug-likeness (QED) is 0.442. The Morgan fingerprint density at radius 3 is 1.93 bits per heavy atom. The first-order valence-corrected chi connectivity index (χ1v) is 11.9. The van der Waals surface area contributed by atoms with Gasteiger partial charge in [0.2, 0.25) is 6.29 Å². The van der Waals surface area contributed by atoms with Gasteiger partial charge in [0.1, 0.15) is 5.75 Å². The molecule has 0 N–H and O–H groups in total. The van der Waals surface area contributed by atoms with Crippen LogP contribution in [0.5, 0.6) is 5.75 Å². The fraction of sp³-hybridized carbons (Fsp3) is 0.769. The lowest BCUT2D eigenvalue weighted by atomic mass is 9.49. The van der Waals surface area contributed by atoms with E-state index in [1.54, 1.807) is 0 Å². The maximum Gasteiger partial charge on any atom is 0.202 e. The molecule has 0 aliphatic heterocycles. The van der Waals surface area contributed by atoms with Crippen LogP contribution in [-0.2, 0) is 4.74 Å². The van der Waals surface area contributed by atoms with Crippen molar-refractivity contribution < 1.29 is 9.47 Å². The molecule has 4 bridgehead atoms. The van der Waals surface area contributed by atoms with Crippen LogP contribution in [0.1, 0.15) is 91.0 Å². The summed E-state index contributed by atoms with van der Waals surface area (Å²) in [5.74, 6) is 5.31. The zero-order valence-electron chi connectivity index (χ0n) is 18.6. The van der Waals surface area contributed by atoms with Crippen LogP contribution in [0.25, 0.3) is 0 Å². The highest BCUT2D eigenvalue weighted by Crippen LogP contribution is 2.61. The summed E-state index contributed by atoms with van der Waals surface area (Å²) >= 11 is 0. The fourth-order valence-corrected chi connectivity index (χ4v) is 6.59. The molecular weight excluding hydrogens is 344 g/mol. The molecule has 5 rings (SSSR count). The molecule has 2 nitrogen and oxygen atoms in total. The zero-order valence-corrected chi connectivity index (χ0v) is 18.6. The Bertz CT molecular complexity index is 619. The first kappa shape index (κ1) is 20.3. The van der Waals surface area contributed by atoms with Crippen LogP contribution < -0.4 is 4.74 Å². The lowest BCUT2D eigenvalue weighted by molar-refractivity contribution is -0.272. The van der Waals surface area contributed by atoms with E-state index in [0.29, 0.717) is 11.8 Å². The summed E-state index contributed by atoms with van der Waals surface area (Å²) in [6.45, 7) is 11.3. The number of ether oxygens (including phenoxy) is 2. The molecule has 4 fully saturated rings. The molecule has 0 aromatic heterocycles. The third-order valence-corrected chi connectivity index (χ3v) is 8.27. The van der Waals surface area contributed by atoms with E-state index in [0.717, 1.165) is 35.8 Å². The number of hydrogen-bond acceptors (Lipinski definition) is 2. The van der Waals surface area contributed by atoms with Crippen LogP contribution in [0.15, 0.2) is 24.3 Å². The second-order valence-electron chi connectivity index (χ2n) is 10.3. The maximum atomic E-state index is 7.01. The summed E-state index contributed by atoms with van der Waals surface area (Å²) in [4.78, 5) is 0. The van der Waals surface area contributed by atoms with Crippen molar-refractivity contribution in [2.45, 2.75) is 97.4 Å². The van der Waals surface area contributed by atoms with Crippen molar-refractivity contribution in [2.75, 3.05) is 0 Å². The minimum absolute atomic E-state index is 0.0407. The van der Waals surface area contributed by atoms with Gasteiger partial charge in [-0.05, 0) is 92.2 Å². The van der Waals surface area contributed by atoms with Crippen molar-refractivity contribution in [1.29, 1.82) is 0 Å².